The number of aryl methyl sites for hydroxylation is 3. The summed E-state index contributed by atoms with van der Waals surface area (Å²) in [4.78, 5) is 23.8. The molecule has 2 heterocycles. The number of halogens is 3. The fourth-order valence-corrected chi connectivity index (χ4v) is 4.02. The van der Waals surface area contributed by atoms with Gasteiger partial charge in [0, 0.05) is 57.3 Å². The van der Waals surface area contributed by atoms with E-state index in [9.17, 15) is 9.59 Å². The molecule has 3 rings (SSSR count). The van der Waals surface area contributed by atoms with Crippen LogP contribution in [0.25, 0.3) is 11.2 Å². The van der Waals surface area contributed by atoms with E-state index < -0.39 is 0 Å². The third kappa shape index (κ3) is 5.04. The molecule has 0 N–H and O–H groups in total. The van der Waals surface area contributed by atoms with Crippen LogP contribution in [0, 0.1) is 3.80 Å². The number of rotatable bonds is 2. The van der Waals surface area contributed by atoms with Crippen molar-refractivity contribution in [3.8, 4) is 0 Å². The van der Waals surface area contributed by atoms with Gasteiger partial charge in [-0.25, -0.2) is 0 Å². The van der Waals surface area contributed by atoms with Crippen LogP contribution in [0.2, 0.25) is 5.02 Å². The second-order valence-electron chi connectivity index (χ2n) is 5.82. The zero-order valence-corrected chi connectivity index (χ0v) is 22.4. The standard InChI is InChI=1S/C9H12N4O2.C7H6ClI2N.Pt/c1-10-5-11(2)7-6(10)8(14)13(4)9(15)12(7)3;8-7-3-1-6(2-4-7)5-11(9)10;/h1-4H3;1-4H,5H2;. The number of benzene rings is 1. The second-order valence-corrected chi connectivity index (χ2v) is 11.5. The van der Waals surface area contributed by atoms with Crippen LogP contribution < -0.4 is 11.2 Å². The first-order chi connectivity index (χ1) is 12.6. The first kappa shape index (κ1) is 23.1. The predicted molar refractivity (Wildman–Crippen MR) is 121 cm³/mol. The molecule has 11 heteroatoms. The molecule has 0 aliphatic carbocycles. The Balaban J connectivity index is 0.000000208. The Bertz CT molecular complexity index is 1150. The van der Waals surface area contributed by atoms with E-state index in [2.05, 4.69) is 66.4 Å². The Morgan fingerprint density at radius 1 is 0.963 bits per heavy atom. The van der Waals surface area contributed by atoms with Crippen LogP contribution in [0.4, 0.5) is 0 Å². The van der Waals surface area contributed by atoms with Crippen molar-refractivity contribution in [3.63, 3.8) is 0 Å². The Labute approximate surface area is 199 Å². The molecule has 0 fully saturated rings. The van der Waals surface area contributed by atoms with E-state index >= 15 is 0 Å². The molecule has 0 saturated carbocycles. The van der Waals surface area contributed by atoms with Gasteiger partial charge < -0.3 is 0 Å². The van der Waals surface area contributed by atoms with E-state index in [1.165, 1.54) is 17.2 Å². The van der Waals surface area contributed by atoms with Gasteiger partial charge in [0.2, 0.25) is 0 Å². The van der Waals surface area contributed by atoms with Crippen molar-refractivity contribution in [1.29, 1.82) is 0 Å². The molecule has 0 radical (unpaired) electrons. The Hall–Kier alpha value is -0.232. The van der Waals surface area contributed by atoms with E-state index in [0.29, 0.717) is 11.2 Å². The number of hydrogen-bond donors (Lipinski definition) is 0. The summed E-state index contributed by atoms with van der Waals surface area (Å²) in [5, 5.41) is 0.794. The fourth-order valence-electron chi connectivity index (χ4n) is 2.61. The maximum absolute atomic E-state index is 12.0. The average molecular weight is 797 g/mol. The van der Waals surface area contributed by atoms with Gasteiger partial charge in [0.25, 0.3) is 0 Å². The van der Waals surface area contributed by atoms with Crippen LogP contribution in [0.5, 0.6) is 0 Å². The van der Waals surface area contributed by atoms with Crippen LogP contribution in [0.3, 0.4) is 0 Å². The van der Waals surface area contributed by atoms with Crippen molar-refractivity contribution in [1.82, 2.24) is 19.6 Å². The van der Waals surface area contributed by atoms with Crippen LogP contribution in [0.15, 0.2) is 33.9 Å². The van der Waals surface area contributed by atoms with E-state index in [4.69, 9.17) is 11.6 Å². The molecule has 0 atom stereocenters. The summed E-state index contributed by atoms with van der Waals surface area (Å²) in [5.74, 6) is 0. The summed E-state index contributed by atoms with van der Waals surface area (Å²) in [6.07, 6.45) is 0. The van der Waals surface area contributed by atoms with Gasteiger partial charge in [-0.15, -0.1) is 0 Å². The van der Waals surface area contributed by atoms with Gasteiger partial charge in [-0.3, -0.25) is 0 Å². The molecule has 1 aromatic carbocycles. The normalized spacial score (nSPS) is 11.0. The van der Waals surface area contributed by atoms with Gasteiger partial charge >= 0.3 is 102 Å². The second kappa shape index (κ2) is 9.51. The van der Waals surface area contributed by atoms with Crippen molar-refractivity contribution in [2.24, 2.45) is 28.2 Å². The Morgan fingerprint density at radius 2 is 1.52 bits per heavy atom. The van der Waals surface area contributed by atoms with E-state index in [-0.39, 0.29) is 11.2 Å². The molecule has 0 amide bonds. The van der Waals surface area contributed by atoms with Crippen molar-refractivity contribution in [2.75, 3.05) is 0 Å². The molecule has 0 spiro atoms. The molecule has 7 nitrogen and oxygen atoms in total. The van der Waals surface area contributed by atoms with Crippen LogP contribution in [-0.4, -0.2) is 19.6 Å². The van der Waals surface area contributed by atoms with Crippen LogP contribution in [0.1, 0.15) is 5.56 Å². The summed E-state index contributed by atoms with van der Waals surface area (Å²) in [7, 11) is 6.81. The van der Waals surface area contributed by atoms with Gasteiger partial charge in [0.05, 0.1) is 0 Å². The molecular weight excluding hydrogens is 779 g/mol. The Morgan fingerprint density at radius 3 is 2.04 bits per heavy atom. The monoisotopic (exact) mass is 796 g/mol. The molecule has 0 aliphatic heterocycles. The first-order valence-electron chi connectivity index (χ1n) is 7.66. The fraction of sp³-hybridized carbons (Fsp3) is 0.312. The summed E-state index contributed by atoms with van der Waals surface area (Å²) >= 11 is 12.3. The predicted octanol–water partition coefficient (Wildman–Crippen LogP) is 2.83. The Kier molecular flexibility index (Phi) is 8.12. The summed E-state index contributed by atoms with van der Waals surface area (Å²) in [6.45, 7) is 0.943. The third-order valence-electron chi connectivity index (χ3n) is 3.99. The molecule has 150 valence electrons. The number of nitrogens with zero attached hydrogens (tertiary/aromatic N) is 5. The van der Waals surface area contributed by atoms with Gasteiger partial charge in [0.1, 0.15) is 0 Å². The minimum absolute atomic E-state index is 0.264. The molecule has 0 unspecified atom stereocenters. The quantitative estimate of drug-likeness (QED) is 0.297. The van der Waals surface area contributed by atoms with Crippen molar-refractivity contribution < 1.29 is 19.4 Å². The third-order valence-corrected chi connectivity index (χ3v) is 6.45. The molecule has 0 bridgehead atoms. The SMILES string of the molecule is Clc1ccc(CN(I)I)cc1.Cn1c(=O)c2c(n(C)c1=O)n(C)[c](=[Pt])n2C. The van der Waals surface area contributed by atoms with Gasteiger partial charge in [-0.2, -0.15) is 1.33 Å². The van der Waals surface area contributed by atoms with E-state index in [1.807, 2.05) is 42.9 Å². The van der Waals surface area contributed by atoms with Gasteiger partial charge in [-0.1, -0.05) is 23.7 Å². The molecular formula is C16H18ClI2N5O2Pt. The number of fused-ring (bicyclic) bond motifs is 1. The zero-order valence-electron chi connectivity index (χ0n) is 15.0. The van der Waals surface area contributed by atoms with Crippen molar-refractivity contribution in [3.05, 3.63) is 59.5 Å². The average Bonchev–Trinajstić information content (AvgIpc) is 2.84. The summed E-state index contributed by atoms with van der Waals surface area (Å²) in [6, 6.07) is 7.89. The summed E-state index contributed by atoms with van der Waals surface area (Å²) < 4.78 is 9.20. The molecule has 0 saturated heterocycles. The molecule has 0 aliphatic rings. The number of hydrogen-bond acceptors (Lipinski definition) is 3. The molecule has 27 heavy (non-hydrogen) atoms. The zero-order chi connectivity index (χ0) is 20.5. The van der Waals surface area contributed by atoms with Crippen molar-refractivity contribution in [2.45, 2.75) is 6.54 Å². The topological polar surface area (TPSA) is 57.1 Å². The van der Waals surface area contributed by atoms with Gasteiger partial charge in [0.15, 0.2) is 0 Å². The summed E-state index contributed by atoms with van der Waals surface area (Å²) in [5.41, 5.74) is 1.88. The maximum atomic E-state index is 12.0. The van der Waals surface area contributed by atoms with E-state index in [0.717, 1.165) is 19.9 Å². The minimum atomic E-state index is -0.310. The van der Waals surface area contributed by atoms with E-state index in [1.54, 1.807) is 11.6 Å². The van der Waals surface area contributed by atoms with Crippen LogP contribution >= 0.6 is 57.3 Å². The van der Waals surface area contributed by atoms with Gasteiger partial charge in [-0.05, 0) is 17.7 Å². The van der Waals surface area contributed by atoms with Crippen molar-refractivity contribution >= 4 is 68.5 Å². The number of aromatic nitrogens is 4. The first-order valence-corrected chi connectivity index (χ1v) is 11.1. The van der Waals surface area contributed by atoms with Crippen LogP contribution in [-0.2, 0) is 54.1 Å². The number of imidazole rings is 1. The molecule has 2 aromatic heterocycles. The molecule has 3 aromatic rings.